The summed E-state index contributed by atoms with van der Waals surface area (Å²) < 4.78 is 17.6. The number of carbonyl (C=O) groups excluding carboxylic acids is 2. The van der Waals surface area contributed by atoms with Crippen LogP contribution in [0.2, 0.25) is 0 Å². The molecule has 2 atom stereocenters. The Kier molecular flexibility index (Phi) is 16.7. The van der Waals surface area contributed by atoms with Crippen LogP contribution in [0.1, 0.15) is 130 Å². The maximum absolute atomic E-state index is 12.6. The maximum Gasteiger partial charge on any atom is 0.310 e. The highest BCUT2D eigenvalue weighted by Gasteiger charge is 2.44. The molecule has 1 rings (SSSR count). The molecule has 0 aromatic carbocycles. The van der Waals surface area contributed by atoms with E-state index in [0.29, 0.717) is 25.0 Å². The van der Waals surface area contributed by atoms with Gasteiger partial charge < -0.3 is 14.2 Å². The molecule has 1 aliphatic carbocycles. The van der Waals surface area contributed by atoms with E-state index in [2.05, 4.69) is 6.92 Å². The van der Waals surface area contributed by atoms with E-state index in [1.165, 1.54) is 51.4 Å². The molecule has 0 spiro atoms. The van der Waals surface area contributed by atoms with Gasteiger partial charge in [0.2, 0.25) is 0 Å². The smallest absolute Gasteiger partial charge is 0.310 e. The van der Waals surface area contributed by atoms with E-state index in [9.17, 15) is 9.59 Å². The SMILES string of the molecule is CCCCCCCCCCCCC1(OC)C=CC=C(OC(=O)CCCC)C1OC(=O)CCCC. The lowest BCUT2D eigenvalue weighted by Gasteiger charge is -2.39. The van der Waals surface area contributed by atoms with Crippen LogP contribution in [-0.2, 0) is 23.8 Å². The van der Waals surface area contributed by atoms with E-state index in [1.54, 1.807) is 13.2 Å². The highest BCUT2D eigenvalue weighted by molar-refractivity contribution is 5.72. The van der Waals surface area contributed by atoms with E-state index in [0.717, 1.165) is 38.5 Å². The number of carbonyl (C=O) groups is 2. The minimum atomic E-state index is -0.808. The molecule has 0 saturated heterocycles. The number of hydrogen-bond donors (Lipinski definition) is 0. The van der Waals surface area contributed by atoms with Gasteiger partial charge in [-0.1, -0.05) is 104 Å². The molecule has 0 radical (unpaired) electrons. The van der Waals surface area contributed by atoms with Crippen molar-refractivity contribution in [3.8, 4) is 0 Å². The lowest BCUT2D eigenvalue weighted by molar-refractivity contribution is -0.168. The number of allylic oxidation sites excluding steroid dienone is 2. The highest BCUT2D eigenvalue weighted by atomic mass is 16.6. The van der Waals surface area contributed by atoms with Crippen LogP contribution in [0, 0.1) is 0 Å². The van der Waals surface area contributed by atoms with Crippen molar-refractivity contribution >= 4 is 11.9 Å². The maximum atomic E-state index is 12.6. The number of methoxy groups -OCH3 is 1. The van der Waals surface area contributed by atoms with Gasteiger partial charge in [0.05, 0.1) is 0 Å². The first-order valence-corrected chi connectivity index (χ1v) is 13.9. The van der Waals surface area contributed by atoms with Gasteiger partial charge in [-0.25, -0.2) is 0 Å². The van der Waals surface area contributed by atoms with Gasteiger partial charge in [0.15, 0.2) is 11.9 Å². The van der Waals surface area contributed by atoms with Crippen LogP contribution in [0.4, 0.5) is 0 Å². The second kappa shape index (κ2) is 18.7. The third kappa shape index (κ3) is 11.7. The zero-order valence-electron chi connectivity index (χ0n) is 22.4. The third-order valence-electron chi connectivity index (χ3n) is 6.59. The van der Waals surface area contributed by atoms with E-state index < -0.39 is 11.7 Å². The molecule has 34 heavy (non-hydrogen) atoms. The van der Waals surface area contributed by atoms with Crippen LogP contribution >= 0.6 is 0 Å². The number of ether oxygens (including phenoxy) is 3. The van der Waals surface area contributed by atoms with Gasteiger partial charge >= 0.3 is 11.9 Å². The summed E-state index contributed by atoms with van der Waals surface area (Å²) in [4.78, 5) is 24.9. The molecule has 5 heteroatoms. The van der Waals surface area contributed by atoms with Crippen molar-refractivity contribution in [2.75, 3.05) is 7.11 Å². The van der Waals surface area contributed by atoms with Gasteiger partial charge in [-0.2, -0.15) is 0 Å². The Hall–Kier alpha value is -1.62. The number of unbranched alkanes of at least 4 members (excludes halogenated alkanes) is 11. The van der Waals surface area contributed by atoms with Crippen molar-refractivity contribution in [2.24, 2.45) is 0 Å². The molecule has 2 unspecified atom stereocenters. The quantitative estimate of drug-likeness (QED) is 0.131. The zero-order chi connectivity index (χ0) is 25.1. The molecule has 196 valence electrons. The van der Waals surface area contributed by atoms with Gasteiger partial charge in [0, 0.05) is 20.0 Å². The van der Waals surface area contributed by atoms with Crippen LogP contribution in [0.15, 0.2) is 24.0 Å². The first-order valence-electron chi connectivity index (χ1n) is 13.9. The number of rotatable bonds is 20. The van der Waals surface area contributed by atoms with E-state index in [4.69, 9.17) is 14.2 Å². The molecule has 1 aliphatic rings. The van der Waals surface area contributed by atoms with Crippen molar-refractivity contribution in [1.82, 2.24) is 0 Å². The molecule has 0 amide bonds. The zero-order valence-corrected chi connectivity index (χ0v) is 22.4. The van der Waals surface area contributed by atoms with E-state index >= 15 is 0 Å². The lowest BCUT2D eigenvalue weighted by Crippen LogP contribution is -2.48. The molecule has 0 saturated carbocycles. The average Bonchev–Trinajstić information content (AvgIpc) is 2.84. The Morgan fingerprint density at radius 2 is 1.29 bits per heavy atom. The van der Waals surface area contributed by atoms with Gasteiger partial charge in [-0.3, -0.25) is 9.59 Å². The predicted octanol–water partition coefficient (Wildman–Crippen LogP) is 7.97. The minimum absolute atomic E-state index is 0.276. The molecule has 0 aliphatic heterocycles. The summed E-state index contributed by atoms with van der Waals surface area (Å²) in [7, 11) is 1.65. The molecular weight excluding hydrogens is 428 g/mol. The molecule has 0 aromatic rings. The topological polar surface area (TPSA) is 61.8 Å². The summed E-state index contributed by atoms with van der Waals surface area (Å²) in [5.41, 5.74) is -0.808. The normalized spacial score (nSPS) is 19.6. The van der Waals surface area contributed by atoms with Crippen molar-refractivity contribution < 1.29 is 23.8 Å². The molecular formula is C29H50O5. The fourth-order valence-electron chi connectivity index (χ4n) is 4.36. The fourth-order valence-corrected chi connectivity index (χ4v) is 4.36. The van der Waals surface area contributed by atoms with Crippen LogP contribution in [0.3, 0.4) is 0 Å². The van der Waals surface area contributed by atoms with Gasteiger partial charge in [-0.05, 0) is 31.4 Å². The number of esters is 2. The van der Waals surface area contributed by atoms with Gasteiger partial charge in [0.1, 0.15) is 5.60 Å². The average molecular weight is 479 g/mol. The summed E-state index contributed by atoms with van der Waals surface area (Å²) >= 11 is 0. The Bertz CT molecular complexity index is 624. The number of hydrogen-bond acceptors (Lipinski definition) is 5. The van der Waals surface area contributed by atoms with Crippen molar-refractivity contribution in [3.63, 3.8) is 0 Å². The van der Waals surface area contributed by atoms with Crippen molar-refractivity contribution in [1.29, 1.82) is 0 Å². The first kappa shape index (κ1) is 30.4. The van der Waals surface area contributed by atoms with Crippen LogP contribution in [0.25, 0.3) is 0 Å². The summed E-state index contributed by atoms with van der Waals surface area (Å²) in [5.74, 6) is -0.188. The molecule has 0 heterocycles. The molecule has 0 fully saturated rings. The second-order valence-electron chi connectivity index (χ2n) is 9.57. The predicted molar refractivity (Wildman–Crippen MR) is 138 cm³/mol. The summed E-state index contributed by atoms with van der Waals surface area (Å²) in [6.07, 6.45) is 22.1. The largest absolute Gasteiger partial charge is 0.451 e. The Morgan fingerprint density at radius 3 is 1.85 bits per heavy atom. The molecule has 0 bridgehead atoms. The fraction of sp³-hybridized carbons (Fsp3) is 0.793. The van der Waals surface area contributed by atoms with Gasteiger partial charge in [-0.15, -0.1) is 0 Å². The van der Waals surface area contributed by atoms with Crippen molar-refractivity contribution in [2.45, 2.75) is 142 Å². The van der Waals surface area contributed by atoms with Crippen LogP contribution in [-0.4, -0.2) is 30.8 Å². The van der Waals surface area contributed by atoms with Gasteiger partial charge in [0.25, 0.3) is 0 Å². The molecule has 0 aromatic heterocycles. The standard InChI is InChI=1S/C29H50O5/c1-5-8-11-12-13-14-15-16-17-18-23-29(32-4)24-19-20-25(33-26(30)21-9-6-2)28(29)34-27(31)22-10-7-3/h19-20,24,28H,5-18,21-23H2,1-4H3. The summed E-state index contributed by atoms with van der Waals surface area (Å²) in [6.45, 7) is 6.33. The lowest BCUT2D eigenvalue weighted by atomic mass is 9.85. The van der Waals surface area contributed by atoms with Crippen LogP contribution < -0.4 is 0 Å². The molecule has 5 nitrogen and oxygen atoms in total. The second-order valence-corrected chi connectivity index (χ2v) is 9.57. The Labute approximate surface area is 208 Å². The monoisotopic (exact) mass is 478 g/mol. The highest BCUT2D eigenvalue weighted by Crippen LogP contribution is 2.35. The van der Waals surface area contributed by atoms with Crippen LogP contribution in [0.5, 0.6) is 0 Å². The van der Waals surface area contributed by atoms with Crippen molar-refractivity contribution in [3.05, 3.63) is 24.0 Å². The summed E-state index contributed by atoms with van der Waals surface area (Å²) in [5, 5.41) is 0. The minimum Gasteiger partial charge on any atom is -0.451 e. The summed E-state index contributed by atoms with van der Waals surface area (Å²) in [6, 6.07) is 0. The Balaban J connectivity index is 2.69. The third-order valence-corrected chi connectivity index (χ3v) is 6.59. The Morgan fingerprint density at radius 1 is 0.765 bits per heavy atom. The first-order chi connectivity index (χ1) is 16.5. The molecule has 0 N–H and O–H groups in total. The van der Waals surface area contributed by atoms with E-state index in [1.807, 2.05) is 26.0 Å². The van der Waals surface area contributed by atoms with E-state index in [-0.39, 0.29) is 11.9 Å².